The lowest BCUT2D eigenvalue weighted by molar-refractivity contribution is 0.259. The normalized spacial score (nSPS) is 10.7. The Hall–Kier alpha value is -3.26. The number of anilines is 3. The zero-order valence-corrected chi connectivity index (χ0v) is 13.2. The topological polar surface area (TPSA) is 86.8 Å². The Balaban J connectivity index is 1.71. The van der Waals surface area contributed by atoms with Gasteiger partial charge in [-0.25, -0.2) is 19.7 Å². The first-order chi connectivity index (χ1) is 11.8. The monoisotopic (exact) mass is 336 g/mol. The summed E-state index contributed by atoms with van der Waals surface area (Å²) in [6.45, 7) is 0. The predicted molar refractivity (Wildman–Crippen MR) is 93.6 cm³/mol. The number of H-pyrrole nitrogens is 1. The molecule has 118 valence electrons. The quantitative estimate of drug-likeness (QED) is 0.596. The van der Waals surface area contributed by atoms with E-state index < -0.39 is 0 Å². The highest BCUT2D eigenvalue weighted by Crippen LogP contribution is 2.27. The molecule has 4 aromatic rings. The lowest BCUT2D eigenvalue weighted by atomic mass is 10.2. The molecule has 0 atom stereocenters. The molecule has 3 heterocycles. The molecule has 0 spiro atoms. The number of fused-ring (bicyclic) bond motifs is 1. The molecular weight excluding hydrogens is 324 g/mol. The van der Waals surface area contributed by atoms with Gasteiger partial charge in [-0.05, 0) is 24.3 Å². The van der Waals surface area contributed by atoms with Crippen molar-refractivity contribution in [2.24, 2.45) is 0 Å². The van der Waals surface area contributed by atoms with Crippen LogP contribution in [0.3, 0.4) is 0 Å². The molecule has 0 aliphatic heterocycles. The molecule has 0 saturated carbocycles. The van der Waals surface area contributed by atoms with Crippen molar-refractivity contribution in [2.75, 3.05) is 10.2 Å². The summed E-state index contributed by atoms with van der Waals surface area (Å²) in [6.07, 6.45) is 4.87. The molecule has 3 aromatic heterocycles. The third-order valence-corrected chi connectivity index (χ3v) is 4.04. The summed E-state index contributed by atoms with van der Waals surface area (Å²) in [5.41, 5.74) is 4.57. The highest BCUT2D eigenvalue weighted by Gasteiger charge is 2.20. The maximum absolute atomic E-state index is 12.9. The lowest BCUT2D eigenvalue weighted by Gasteiger charge is -2.20. The van der Waals surface area contributed by atoms with E-state index in [-0.39, 0.29) is 6.03 Å². The van der Waals surface area contributed by atoms with E-state index in [2.05, 4.69) is 25.3 Å². The van der Waals surface area contributed by atoms with E-state index in [1.165, 1.54) is 16.2 Å². The van der Waals surface area contributed by atoms with Gasteiger partial charge in [0.05, 0.1) is 28.7 Å². The van der Waals surface area contributed by atoms with Gasteiger partial charge in [0.15, 0.2) is 5.82 Å². The second-order valence-corrected chi connectivity index (χ2v) is 5.64. The minimum Gasteiger partial charge on any atom is -0.345 e. The standard InChI is InChI=1S/C16H12N6OS/c23-16(21-13-3-1-2-12-15(13)19-9-18-12)22(14-8-24-10-20-14)11-4-6-17-7-5-11/h1-10H,(H,18,19)(H,21,23). The molecule has 0 unspecified atom stereocenters. The molecule has 0 aliphatic rings. The number of rotatable bonds is 3. The average Bonchev–Trinajstić information content (AvgIpc) is 3.28. The molecule has 0 bridgehead atoms. The molecule has 8 heteroatoms. The van der Waals surface area contributed by atoms with Crippen LogP contribution in [0.2, 0.25) is 0 Å². The second-order valence-electron chi connectivity index (χ2n) is 4.92. The number of aromatic amines is 1. The molecule has 7 nitrogen and oxygen atoms in total. The van der Waals surface area contributed by atoms with E-state index in [1.807, 2.05) is 23.6 Å². The number of benzene rings is 1. The third kappa shape index (κ3) is 2.59. The molecule has 24 heavy (non-hydrogen) atoms. The Bertz CT molecular complexity index is 967. The first-order valence-corrected chi connectivity index (χ1v) is 8.08. The zero-order chi connectivity index (χ0) is 16.4. The fourth-order valence-corrected chi connectivity index (χ4v) is 2.92. The Morgan fingerprint density at radius 1 is 1.17 bits per heavy atom. The summed E-state index contributed by atoms with van der Waals surface area (Å²) in [5.74, 6) is 0.554. The van der Waals surface area contributed by atoms with Crippen LogP contribution in [0, 0.1) is 0 Å². The molecule has 0 fully saturated rings. The van der Waals surface area contributed by atoms with E-state index >= 15 is 0 Å². The maximum atomic E-state index is 12.9. The summed E-state index contributed by atoms with van der Waals surface area (Å²) in [5, 5.41) is 4.72. The lowest BCUT2D eigenvalue weighted by Crippen LogP contribution is -2.31. The Morgan fingerprint density at radius 2 is 2.04 bits per heavy atom. The number of carbonyl (C=O) groups excluding carboxylic acids is 1. The largest absolute Gasteiger partial charge is 0.345 e. The zero-order valence-electron chi connectivity index (χ0n) is 12.4. The van der Waals surface area contributed by atoms with Gasteiger partial charge in [-0.15, -0.1) is 11.3 Å². The highest BCUT2D eigenvalue weighted by atomic mass is 32.1. The smallest absolute Gasteiger partial charge is 0.332 e. The van der Waals surface area contributed by atoms with Gasteiger partial charge in [-0.1, -0.05) is 6.07 Å². The molecule has 2 N–H and O–H groups in total. The molecule has 0 aliphatic carbocycles. The number of amides is 2. The molecule has 1 aromatic carbocycles. The van der Waals surface area contributed by atoms with Gasteiger partial charge < -0.3 is 10.3 Å². The fourth-order valence-electron chi connectivity index (χ4n) is 2.40. The van der Waals surface area contributed by atoms with Crippen molar-refractivity contribution in [3.05, 3.63) is 59.9 Å². The van der Waals surface area contributed by atoms with Gasteiger partial charge in [-0.3, -0.25) is 4.98 Å². The number of nitrogens with one attached hydrogen (secondary N) is 2. The third-order valence-electron chi connectivity index (χ3n) is 3.46. The molecule has 0 radical (unpaired) electrons. The minimum absolute atomic E-state index is 0.317. The van der Waals surface area contributed by atoms with Crippen LogP contribution in [0.5, 0.6) is 0 Å². The number of pyridine rings is 1. The van der Waals surface area contributed by atoms with Crippen molar-refractivity contribution in [2.45, 2.75) is 0 Å². The number of urea groups is 1. The van der Waals surface area contributed by atoms with E-state index in [1.54, 1.807) is 36.4 Å². The number of aromatic nitrogens is 4. The van der Waals surface area contributed by atoms with Crippen LogP contribution in [0.1, 0.15) is 0 Å². The number of nitrogens with zero attached hydrogens (tertiary/aromatic N) is 4. The first kappa shape index (κ1) is 14.3. The van der Waals surface area contributed by atoms with Gasteiger partial charge in [0.1, 0.15) is 5.52 Å². The summed E-state index contributed by atoms with van der Waals surface area (Å²) in [4.78, 5) is 29.9. The number of imidazole rings is 1. The van der Waals surface area contributed by atoms with Gasteiger partial charge in [0.2, 0.25) is 0 Å². The SMILES string of the molecule is O=C(Nc1cccc2[nH]cnc12)N(c1ccncc1)c1cscn1. The van der Waals surface area contributed by atoms with E-state index in [9.17, 15) is 4.79 Å². The van der Waals surface area contributed by atoms with Crippen LogP contribution in [0.15, 0.2) is 59.9 Å². The molecule has 2 amide bonds. The van der Waals surface area contributed by atoms with E-state index in [0.29, 0.717) is 22.7 Å². The number of hydrogen-bond acceptors (Lipinski definition) is 5. The van der Waals surface area contributed by atoms with Gasteiger partial charge in [0, 0.05) is 17.8 Å². The summed E-state index contributed by atoms with van der Waals surface area (Å²) < 4.78 is 0. The number of hydrogen-bond donors (Lipinski definition) is 2. The minimum atomic E-state index is -0.317. The van der Waals surface area contributed by atoms with E-state index in [4.69, 9.17) is 0 Å². The maximum Gasteiger partial charge on any atom is 0.332 e. The van der Waals surface area contributed by atoms with Crippen LogP contribution in [-0.4, -0.2) is 26.0 Å². The first-order valence-electron chi connectivity index (χ1n) is 7.14. The molecular formula is C16H12N6OS. The Morgan fingerprint density at radius 3 is 2.83 bits per heavy atom. The number of para-hydroxylation sites is 1. The van der Waals surface area contributed by atoms with Crippen LogP contribution < -0.4 is 10.2 Å². The van der Waals surface area contributed by atoms with E-state index in [0.717, 1.165) is 5.52 Å². The van der Waals surface area contributed by atoms with Crippen LogP contribution in [-0.2, 0) is 0 Å². The summed E-state index contributed by atoms with van der Waals surface area (Å²) >= 11 is 1.42. The van der Waals surface area contributed by atoms with Crippen LogP contribution >= 0.6 is 11.3 Å². The van der Waals surface area contributed by atoms with Gasteiger partial charge >= 0.3 is 6.03 Å². The summed E-state index contributed by atoms with van der Waals surface area (Å²) in [6, 6.07) is 8.77. The van der Waals surface area contributed by atoms with Crippen LogP contribution in [0.25, 0.3) is 11.0 Å². The average molecular weight is 336 g/mol. The van der Waals surface area contributed by atoms with Crippen molar-refractivity contribution in [1.82, 2.24) is 19.9 Å². The Kier molecular flexibility index (Phi) is 3.64. The highest BCUT2D eigenvalue weighted by molar-refractivity contribution is 7.08. The van der Waals surface area contributed by atoms with Crippen molar-refractivity contribution in [1.29, 1.82) is 0 Å². The molecule has 4 rings (SSSR count). The van der Waals surface area contributed by atoms with Crippen molar-refractivity contribution in [3.8, 4) is 0 Å². The predicted octanol–water partition coefficient (Wildman–Crippen LogP) is 3.78. The second kappa shape index (κ2) is 6.09. The fraction of sp³-hybridized carbons (Fsp3) is 0. The number of carbonyl (C=O) groups is 1. The van der Waals surface area contributed by atoms with Crippen molar-refractivity contribution < 1.29 is 4.79 Å². The summed E-state index contributed by atoms with van der Waals surface area (Å²) in [7, 11) is 0. The molecule has 0 saturated heterocycles. The number of thiazole rings is 1. The van der Waals surface area contributed by atoms with Crippen molar-refractivity contribution in [3.63, 3.8) is 0 Å². The van der Waals surface area contributed by atoms with Gasteiger partial charge in [-0.2, -0.15) is 0 Å². The van der Waals surface area contributed by atoms with Crippen LogP contribution in [0.4, 0.5) is 22.0 Å². The Labute approximate surface area is 141 Å². The van der Waals surface area contributed by atoms with Crippen molar-refractivity contribution >= 4 is 45.6 Å². The van der Waals surface area contributed by atoms with Gasteiger partial charge in [0.25, 0.3) is 0 Å².